The maximum Gasteiger partial charge on any atom is 0.416 e. The van der Waals surface area contributed by atoms with Crippen LogP contribution in [0.3, 0.4) is 0 Å². The molecule has 0 aliphatic heterocycles. The van der Waals surface area contributed by atoms with Gasteiger partial charge in [0.25, 0.3) is 0 Å². The molecule has 0 fully saturated rings. The SMILES string of the molecule is CC[Si](CC)(CC)c1cc(C(F)(F)F)ccc1C(F)(F)F. The van der Waals surface area contributed by atoms with Crippen molar-refractivity contribution in [3.63, 3.8) is 0 Å². The highest BCUT2D eigenvalue weighted by atomic mass is 28.3. The van der Waals surface area contributed by atoms with Crippen molar-refractivity contribution < 1.29 is 26.3 Å². The molecule has 1 aromatic rings. The van der Waals surface area contributed by atoms with E-state index < -0.39 is 31.6 Å². The number of hydrogen-bond acceptors (Lipinski definition) is 0. The van der Waals surface area contributed by atoms with E-state index in [1.165, 1.54) is 0 Å². The lowest BCUT2D eigenvalue weighted by Crippen LogP contribution is -2.49. The van der Waals surface area contributed by atoms with E-state index in [1.807, 2.05) is 0 Å². The standard InChI is InChI=1S/C14H18F6Si/c1-4-21(5-2,6-3)12-9-10(13(15,16)17)7-8-11(12)14(18,19)20/h7-9H,4-6H2,1-3H3. The third kappa shape index (κ3) is 3.62. The Balaban J connectivity index is 3.64. The first-order valence-electron chi connectivity index (χ1n) is 6.80. The molecule has 0 spiro atoms. The molecule has 1 aromatic carbocycles. The van der Waals surface area contributed by atoms with Gasteiger partial charge in [0.1, 0.15) is 0 Å². The number of halogens is 6. The minimum Gasteiger partial charge on any atom is -0.166 e. The van der Waals surface area contributed by atoms with Crippen molar-refractivity contribution in [1.29, 1.82) is 0 Å². The second kappa shape index (κ2) is 6.02. The number of benzene rings is 1. The first-order valence-corrected chi connectivity index (χ1v) is 9.43. The molecule has 1 rings (SSSR count). The zero-order chi connectivity index (χ0) is 16.5. The van der Waals surface area contributed by atoms with Gasteiger partial charge in [0.05, 0.1) is 19.2 Å². The van der Waals surface area contributed by atoms with Crippen LogP contribution in [0.1, 0.15) is 31.9 Å². The van der Waals surface area contributed by atoms with Crippen molar-refractivity contribution in [2.24, 2.45) is 0 Å². The number of hydrogen-bond donors (Lipinski definition) is 0. The monoisotopic (exact) mass is 328 g/mol. The largest absolute Gasteiger partial charge is 0.416 e. The van der Waals surface area contributed by atoms with Crippen molar-refractivity contribution in [1.82, 2.24) is 0 Å². The first kappa shape index (κ1) is 18.1. The van der Waals surface area contributed by atoms with Gasteiger partial charge in [-0.15, -0.1) is 0 Å². The zero-order valence-electron chi connectivity index (χ0n) is 12.1. The quantitative estimate of drug-likeness (QED) is 0.510. The van der Waals surface area contributed by atoms with Gasteiger partial charge in [-0.3, -0.25) is 0 Å². The van der Waals surface area contributed by atoms with Crippen LogP contribution in [0, 0.1) is 0 Å². The van der Waals surface area contributed by atoms with Gasteiger partial charge in [-0.2, -0.15) is 26.3 Å². The van der Waals surface area contributed by atoms with E-state index in [2.05, 4.69) is 0 Å². The summed E-state index contributed by atoms with van der Waals surface area (Å²) in [5.74, 6) is 0. The Hall–Kier alpha value is -0.983. The summed E-state index contributed by atoms with van der Waals surface area (Å²) >= 11 is 0. The Bertz CT molecular complexity index is 477. The van der Waals surface area contributed by atoms with Crippen LogP contribution in [0.2, 0.25) is 18.1 Å². The van der Waals surface area contributed by atoms with Crippen molar-refractivity contribution in [3.8, 4) is 0 Å². The van der Waals surface area contributed by atoms with Gasteiger partial charge in [-0.05, 0) is 17.3 Å². The molecule has 0 nitrogen and oxygen atoms in total. The highest BCUT2D eigenvalue weighted by Crippen LogP contribution is 2.36. The van der Waals surface area contributed by atoms with Gasteiger partial charge in [-0.25, -0.2) is 0 Å². The van der Waals surface area contributed by atoms with E-state index in [0.717, 1.165) is 6.07 Å². The topological polar surface area (TPSA) is 0 Å². The average molecular weight is 328 g/mol. The maximum absolute atomic E-state index is 13.2. The normalized spacial score (nSPS) is 13.6. The molecule has 0 N–H and O–H groups in total. The van der Waals surface area contributed by atoms with E-state index in [9.17, 15) is 26.3 Å². The Kier molecular flexibility index (Phi) is 5.18. The molecule has 0 unspecified atom stereocenters. The Morgan fingerprint density at radius 1 is 0.810 bits per heavy atom. The Morgan fingerprint density at radius 3 is 1.62 bits per heavy atom. The minimum atomic E-state index is -4.63. The van der Waals surface area contributed by atoms with Crippen LogP contribution in [0.5, 0.6) is 0 Å². The zero-order valence-corrected chi connectivity index (χ0v) is 13.1. The molecule has 0 aliphatic carbocycles. The van der Waals surface area contributed by atoms with E-state index in [-0.39, 0.29) is 5.19 Å². The summed E-state index contributed by atoms with van der Waals surface area (Å²) in [5.41, 5.74) is -1.91. The van der Waals surface area contributed by atoms with Crippen LogP contribution in [0.4, 0.5) is 26.3 Å². The molecule has 0 saturated heterocycles. The lowest BCUT2D eigenvalue weighted by molar-refractivity contribution is -0.140. The molecule has 21 heavy (non-hydrogen) atoms. The van der Waals surface area contributed by atoms with Crippen molar-refractivity contribution in [3.05, 3.63) is 29.3 Å². The summed E-state index contributed by atoms with van der Waals surface area (Å²) in [6.07, 6.45) is -9.26. The summed E-state index contributed by atoms with van der Waals surface area (Å²) in [7, 11) is -2.58. The molecule has 0 amide bonds. The van der Waals surface area contributed by atoms with Crippen LogP contribution in [0.25, 0.3) is 0 Å². The van der Waals surface area contributed by atoms with E-state index in [0.29, 0.717) is 30.3 Å². The van der Waals surface area contributed by atoms with Gasteiger partial charge in [-0.1, -0.05) is 45.0 Å². The predicted octanol–water partition coefficient (Wildman–Crippen LogP) is 5.44. The third-order valence-corrected chi connectivity index (χ3v) is 9.87. The molecule has 0 heterocycles. The van der Waals surface area contributed by atoms with Gasteiger partial charge >= 0.3 is 12.4 Å². The molecule has 0 aromatic heterocycles. The summed E-state index contributed by atoms with van der Waals surface area (Å²) in [6, 6.07) is 3.30. The van der Waals surface area contributed by atoms with Crippen molar-refractivity contribution >= 4 is 13.3 Å². The minimum absolute atomic E-state index is 0.114. The fourth-order valence-electron chi connectivity index (χ4n) is 2.73. The van der Waals surface area contributed by atoms with Crippen molar-refractivity contribution in [2.45, 2.75) is 51.3 Å². The molecular formula is C14H18F6Si. The Morgan fingerprint density at radius 2 is 1.29 bits per heavy atom. The molecule has 0 radical (unpaired) electrons. The highest BCUT2D eigenvalue weighted by molar-refractivity contribution is 6.92. The van der Waals surface area contributed by atoms with Crippen LogP contribution in [0.15, 0.2) is 18.2 Å². The number of rotatable bonds is 4. The molecule has 7 heteroatoms. The third-order valence-electron chi connectivity index (χ3n) is 4.25. The van der Waals surface area contributed by atoms with Crippen LogP contribution >= 0.6 is 0 Å². The molecular weight excluding hydrogens is 310 g/mol. The summed E-state index contributed by atoms with van der Waals surface area (Å²) in [6.45, 7) is 5.29. The van der Waals surface area contributed by atoms with Gasteiger partial charge < -0.3 is 0 Å². The van der Waals surface area contributed by atoms with Gasteiger partial charge in [0.2, 0.25) is 0 Å². The van der Waals surface area contributed by atoms with Crippen molar-refractivity contribution in [2.75, 3.05) is 0 Å². The average Bonchev–Trinajstić information content (AvgIpc) is 2.39. The summed E-state index contributed by atoms with van der Waals surface area (Å²) in [4.78, 5) is 0. The second-order valence-corrected chi connectivity index (χ2v) is 10.3. The molecule has 0 atom stereocenters. The lowest BCUT2D eigenvalue weighted by Gasteiger charge is -2.32. The summed E-state index contributed by atoms with van der Waals surface area (Å²) < 4.78 is 78.0. The fourth-order valence-corrected chi connectivity index (χ4v) is 6.63. The first-order chi connectivity index (χ1) is 9.51. The molecule has 120 valence electrons. The van der Waals surface area contributed by atoms with Crippen LogP contribution < -0.4 is 5.19 Å². The molecule has 0 saturated carbocycles. The second-order valence-electron chi connectivity index (χ2n) is 5.10. The molecule has 0 aliphatic rings. The smallest absolute Gasteiger partial charge is 0.166 e. The highest BCUT2D eigenvalue weighted by Gasteiger charge is 2.42. The van der Waals surface area contributed by atoms with Gasteiger partial charge in [0, 0.05) is 0 Å². The Labute approximate surface area is 121 Å². The van der Waals surface area contributed by atoms with Crippen LogP contribution in [-0.4, -0.2) is 8.07 Å². The van der Waals surface area contributed by atoms with E-state index in [4.69, 9.17) is 0 Å². The molecule has 0 bridgehead atoms. The van der Waals surface area contributed by atoms with E-state index in [1.54, 1.807) is 20.8 Å². The summed E-state index contributed by atoms with van der Waals surface area (Å²) in [5, 5.41) is -0.114. The maximum atomic E-state index is 13.2. The van der Waals surface area contributed by atoms with Crippen LogP contribution in [-0.2, 0) is 12.4 Å². The lowest BCUT2D eigenvalue weighted by atomic mass is 10.1. The predicted molar refractivity (Wildman–Crippen MR) is 73.3 cm³/mol. The fraction of sp³-hybridized carbons (Fsp3) is 0.571. The van der Waals surface area contributed by atoms with E-state index >= 15 is 0 Å². The number of alkyl halides is 6. The van der Waals surface area contributed by atoms with Gasteiger partial charge in [0.15, 0.2) is 0 Å².